The van der Waals surface area contributed by atoms with E-state index in [9.17, 15) is 20.0 Å². The SMILES string of the molecule is CCCCCCCCCCCCC(CC)(Oc1ccc([N+](=O)[O-])cc1)C(=O)O. The predicted octanol–water partition coefficient (Wildman–Crippen LogP) is 6.52. The summed E-state index contributed by atoms with van der Waals surface area (Å²) in [5.74, 6) is -0.633. The third kappa shape index (κ3) is 8.28. The topological polar surface area (TPSA) is 89.7 Å². The lowest BCUT2D eigenvalue weighted by molar-refractivity contribution is -0.384. The predicted molar refractivity (Wildman–Crippen MR) is 111 cm³/mol. The summed E-state index contributed by atoms with van der Waals surface area (Å²) in [6.45, 7) is 4.02. The monoisotopic (exact) mass is 393 g/mol. The molecule has 0 saturated carbocycles. The molecule has 0 radical (unpaired) electrons. The molecule has 0 aromatic heterocycles. The van der Waals surface area contributed by atoms with Crippen molar-refractivity contribution in [2.75, 3.05) is 0 Å². The second-order valence-corrected chi connectivity index (χ2v) is 7.44. The lowest BCUT2D eigenvalue weighted by Gasteiger charge is -2.29. The van der Waals surface area contributed by atoms with Crippen LogP contribution in [-0.4, -0.2) is 21.6 Å². The van der Waals surface area contributed by atoms with Crippen LogP contribution in [0.4, 0.5) is 5.69 Å². The van der Waals surface area contributed by atoms with Gasteiger partial charge in [0.15, 0.2) is 0 Å². The molecule has 0 aliphatic rings. The molecule has 0 aliphatic heterocycles. The molecule has 1 atom stereocenters. The Labute approximate surface area is 168 Å². The number of carbonyl (C=O) groups is 1. The molecule has 1 unspecified atom stereocenters. The number of unbranched alkanes of at least 4 members (excludes halogenated alkanes) is 9. The highest BCUT2D eigenvalue weighted by atomic mass is 16.6. The van der Waals surface area contributed by atoms with Crippen molar-refractivity contribution in [1.29, 1.82) is 0 Å². The van der Waals surface area contributed by atoms with E-state index in [-0.39, 0.29) is 5.69 Å². The summed E-state index contributed by atoms with van der Waals surface area (Å²) in [6.07, 6.45) is 12.7. The van der Waals surface area contributed by atoms with Crippen molar-refractivity contribution >= 4 is 11.7 Å². The highest BCUT2D eigenvalue weighted by Crippen LogP contribution is 2.29. The average Bonchev–Trinajstić information content (AvgIpc) is 2.68. The lowest BCUT2D eigenvalue weighted by atomic mass is 9.92. The van der Waals surface area contributed by atoms with E-state index >= 15 is 0 Å². The molecule has 0 amide bonds. The molecule has 1 rings (SSSR count). The molecule has 1 aromatic rings. The van der Waals surface area contributed by atoms with E-state index in [1.54, 1.807) is 6.92 Å². The smallest absolute Gasteiger partial charge is 0.348 e. The van der Waals surface area contributed by atoms with Gasteiger partial charge in [0.05, 0.1) is 4.92 Å². The number of hydrogen-bond acceptors (Lipinski definition) is 4. The number of nitro groups is 1. The average molecular weight is 394 g/mol. The third-order valence-electron chi connectivity index (χ3n) is 5.26. The zero-order valence-electron chi connectivity index (χ0n) is 17.3. The number of benzene rings is 1. The number of non-ortho nitro benzene ring substituents is 1. The van der Waals surface area contributed by atoms with Gasteiger partial charge < -0.3 is 9.84 Å². The fraction of sp³-hybridized carbons (Fsp3) is 0.682. The molecular weight excluding hydrogens is 358 g/mol. The summed E-state index contributed by atoms with van der Waals surface area (Å²) in [6, 6.07) is 5.59. The molecule has 1 N–H and O–H groups in total. The van der Waals surface area contributed by atoms with Crippen LogP contribution < -0.4 is 4.74 Å². The highest BCUT2D eigenvalue weighted by molar-refractivity contribution is 5.77. The zero-order valence-corrected chi connectivity index (χ0v) is 17.3. The first-order valence-corrected chi connectivity index (χ1v) is 10.6. The van der Waals surface area contributed by atoms with Crippen molar-refractivity contribution in [3.8, 4) is 5.75 Å². The van der Waals surface area contributed by atoms with E-state index in [4.69, 9.17) is 4.74 Å². The molecule has 28 heavy (non-hydrogen) atoms. The van der Waals surface area contributed by atoms with Gasteiger partial charge in [-0.05, 0) is 31.4 Å². The number of carboxylic acid groups (broad SMARTS) is 1. The molecule has 0 bridgehead atoms. The molecule has 0 spiro atoms. The molecule has 0 saturated heterocycles. The normalized spacial score (nSPS) is 13.1. The summed E-state index contributed by atoms with van der Waals surface area (Å²) in [5.41, 5.74) is -1.32. The first-order chi connectivity index (χ1) is 13.4. The summed E-state index contributed by atoms with van der Waals surface area (Å²) >= 11 is 0. The molecule has 158 valence electrons. The fourth-order valence-corrected chi connectivity index (χ4v) is 3.36. The van der Waals surface area contributed by atoms with Crippen molar-refractivity contribution in [1.82, 2.24) is 0 Å². The van der Waals surface area contributed by atoms with Crippen LogP contribution in [0.5, 0.6) is 5.75 Å². The molecular formula is C22H35NO5. The number of carboxylic acids is 1. The first kappa shape index (κ1) is 23.9. The Bertz CT molecular complexity index is 587. The van der Waals surface area contributed by atoms with E-state index < -0.39 is 16.5 Å². The Kier molecular flexibility index (Phi) is 11.2. The maximum absolute atomic E-state index is 11.9. The van der Waals surface area contributed by atoms with Gasteiger partial charge in [0, 0.05) is 12.1 Å². The maximum atomic E-state index is 11.9. The summed E-state index contributed by atoms with van der Waals surface area (Å²) in [4.78, 5) is 22.1. The van der Waals surface area contributed by atoms with Gasteiger partial charge in [0.1, 0.15) is 5.75 Å². The lowest BCUT2D eigenvalue weighted by Crippen LogP contribution is -2.44. The van der Waals surface area contributed by atoms with Gasteiger partial charge in [-0.2, -0.15) is 0 Å². The van der Waals surface area contributed by atoms with Crippen LogP contribution in [-0.2, 0) is 4.79 Å². The van der Waals surface area contributed by atoms with Crippen molar-refractivity contribution in [2.45, 2.75) is 96.5 Å². The number of rotatable bonds is 16. The highest BCUT2D eigenvalue weighted by Gasteiger charge is 2.38. The van der Waals surface area contributed by atoms with Gasteiger partial charge in [-0.15, -0.1) is 0 Å². The Hall–Kier alpha value is -2.11. The second-order valence-electron chi connectivity index (χ2n) is 7.44. The Morgan fingerprint density at radius 2 is 1.46 bits per heavy atom. The van der Waals surface area contributed by atoms with Crippen LogP contribution in [0.2, 0.25) is 0 Å². The first-order valence-electron chi connectivity index (χ1n) is 10.6. The molecule has 0 aliphatic carbocycles. The maximum Gasteiger partial charge on any atom is 0.348 e. The van der Waals surface area contributed by atoms with Crippen LogP contribution in [0.3, 0.4) is 0 Å². The standard InChI is InChI=1S/C22H35NO5/c1-3-5-6-7-8-9-10-11-12-13-18-22(4-2,21(24)25)28-20-16-14-19(15-17-20)23(26)27/h14-17H,3-13,18H2,1-2H3,(H,24,25). The van der Waals surface area contributed by atoms with Gasteiger partial charge in [-0.1, -0.05) is 71.6 Å². The summed E-state index contributed by atoms with van der Waals surface area (Å²) in [7, 11) is 0. The molecule has 6 heteroatoms. The number of aliphatic carboxylic acids is 1. The largest absolute Gasteiger partial charge is 0.478 e. The summed E-state index contributed by atoms with van der Waals surface area (Å²) in [5, 5.41) is 20.5. The van der Waals surface area contributed by atoms with E-state index in [0.717, 1.165) is 19.3 Å². The minimum atomic E-state index is -1.28. The van der Waals surface area contributed by atoms with Gasteiger partial charge in [-0.3, -0.25) is 10.1 Å². The molecule has 0 fully saturated rings. The van der Waals surface area contributed by atoms with Crippen molar-refractivity contribution in [3.63, 3.8) is 0 Å². The quantitative estimate of drug-likeness (QED) is 0.196. The van der Waals surface area contributed by atoms with E-state index in [0.29, 0.717) is 18.6 Å². The molecule has 1 aromatic carbocycles. The van der Waals surface area contributed by atoms with E-state index in [1.807, 2.05) is 0 Å². The minimum Gasteiger partial charge on any atom is -0.478 e. The van der Waals surface area contributed by atoms with Gasteiger partial charge in [0.2, 0.25) is 5.60 Å². The van der Waals surface area contributed by atoms with Gasteiger partial charge in [0.25, 0.3) is 5.69 Å². The second kappa shape index (κ2) is 13.1. The number of ether oxygens (including phenoxy) is 1. The van der Waals surface area contributed by atoms with Gasteiger partial charge >= 0.3 is 5.97 Å². The number of nitro benzene ring substituents is 1. The minimum absolute atomic E-state index is 0.0422. The molecule has 6 nitrogen and oxygen atoms in total. The summed E-state index contributed by atoms with van der Waals surface area (Å²) < 4.78 is 5.81. The number of nitrogens with zero attached hydrogens (tertiary/aromatic N) is 1. The van der Waals surface area contributed by atoms with Crippen LogP contribution in [0.25, 0.3) is 0 Å². The fourth-order valence-electron chi connectivity index (χ4n) is 3.36. The molecule has 0 heterocycles. The Balaban J connectivity index is 2.43. The van der Waals surface area contributed by atoms with E-state index in [2.05, 4.69) is 6.92 Å². The Morgan fingerprint density at radius 3 is 1.89 bits per heavy atom. The van der Waals surface area contributed by atoms with Crippen LogP contribution in [0.1, 0.15) is 90.9 Å². The Morgan fingerprint density at radius 1 is 0.964 bits per heavy atom. The van der Waals surface area contributed by atoms with Crippen LogP contribution in [0, 0.1) is 10.1 Å². The van der Waals surface area contributed by atoms with Crippen molar-refractivity contribution in [2.24, 2.45) is 0 Å². The van der Waals surface area contributed by atoms with Crippen LogP contribution >= 0.6 is 0 Å². The number of hydrogen-bond donors (Lipinski definition) is 1. The zero-order chi connectivity index (χ0) is 20.8. The third-order valence-corrected chi connectivity index (χ3v) is 5.26. The van der Waals surface area contributed by atoms with Gasteiger partial charge in [-0.25, -0.2) is 4.79 Å². The van der Waals surface area contributed by atoms with Crippen molar-refractivity contribution in [3.05, 3.63) is 34.4 Å². The van der Waals surface area contributed by atoms with Crippen LogP contribution in [0.15, 0.2) is 24.3 Å². The van der Waals surface area contributed by atoms with E-state index in [1.165, 1.54) is 69.2 Å². The van der Waals surface area contributed by atoms with Crippen molar-refractivity contribution < 1.29 is 19.6 Å².